The number of carbonyl (C=O) groups is 1. The minimum atomic E-state index is -1.69. The van der Waals surface area contributed by atoms with Crippen molar-refractivity contribution >= 4 is 23.6 Å². The number of aromatic nitrogens is 2. The Balaban J connectivity index is 2.31. The molecule has 1 amide bonds. The van der Waals surface area contributed by atoms with Gasteiger partial charge in [-0.2, -0.15) is 17.0 Å². The fourth-order valence-electron chi connectivity index (χ4n) is 1.77. The molecule has 4 N–H and O–H groups in total. The van der Waals surface area contributed by atoms with Crippen molar-refractivity contribution in [3.8, 4) is 6.19 Å². The Labute approximate surface area is 161 Å². The fraction of sp³-hybridized carbons (Fsp3) is 0.600. The maximum Gasteiger partial charge on any atom is 0.297 e. The first-order valence-electron chi connectivity index (χ1n) is 8.21. The third-order valence-electron chi connectivity index (χ3n) is 3.57. The van der Waals surface area contributed by atoms with Crippen LogP contribution >= 0.6 is 11.8 Å². The van der Waals surface area contributed by atoms with Crippen LogP contribution in [-0.4, -0.2) is 57.7 Å². The Kier molecular flexibility index (Phi) is 9.07. The highest BCUT2D eigenvalue weighted by atomic mass is 32.2. The number of H-pyrrole nitrogens is 1. The SMILES string of the molecule is Cc1[nH]cnc1CSCCN=C(NC#N)NCCNC(=O)C(C)(C)[N+](=O)[O-]. The Morgan fingerprint density at radius 1 is 1.48 bits per heavy atom. The van der Waals surface area contributed by atoms with E-state index in [4.69, 9.17) is 5.26 Å². The second-order valence-electron chi connectivity index (χ2n) is 5.99. The van der Waals surface area contributed by atoms with Gasteiger partial charge in [0.2, 0.25) is 5.96 Å². The van der Waals surface area contributed by atoms with Gasteiger partial charge < -0.3 is 15.6 Å². The van der Waals surface area contributed by atoms with Gasteiger partial charge in [0.25, 0.3) is 11.4 Å². The third kappa shape index (κ3) is 7.53. The number of guanidine groups is 1. The van der Waals surface area contributed by atoms with Crippen molar-refractivity contribution in [1.29, 1.82) is 5.26 Å². The highest BCUT2D eigenvalue weighted by molar-refractivity contribution is 7.98. The Morgan fingerprint density at radius 3 is 2.78 bits per heavy atom. The molecule has 1 heterocycles. The van der Waals surface area contributed by atoms with E-state index < -0.39 is 16.4 Å². The van der Waals surface area contributed by atoms with Crippen LogP contribution in [-0.2, 0) is 10.5 Å². The molecule has 1 rings (SSSR count). The van der Waals surface area contributed by atoms with Gasteiger partial charge in [-0.25, -0.2) is 4.98 Å². The van der Waals surface area contributed by atoms with Crippen molar-refractivity contribution < 1.29 is 9.72 Å². The van der Waals surface area contributed by atoms with Crippen LogP contribution in [0, 0.1) is 28.5 Å². The van der Waals surface area contributed by atoms with E-state index in [-0.39, 0.29) is 19.0 Å². The molecule has 0 aliphatic carbocycles. The molecule has 148 valence electrons. The molecule has 12 heteroatoms. The maximum absolute atomic E-state index is 11.8. The maximum atomic E-state index is 11.8. The lowest BCUT2D eigenvalue weighted by atomic mass is 10.1. The van der Waals surface area contributed by atoms with Gasteiger partial charge in [0.05, 0.1) is 18.6 Å². The zero-order valence-electron chi connectivity index (χ0n) is 15.5. The van der Waals surface area contributed by atoms with Gasteiger partial charge in [-0.15, -0.1) is 0 Å². The summed E-state index contributed by atoms with van der Waals surface area (Å²) in [7, 11) is 0. The van der Waals surface area contributed by atoms with E-state index >= 15 is 0 Å². The Bertz CT molecular complexity index is 710. The molecule has 0 aliphatic rings. The second-order valence-corrected chi connectivity index (χ2v) is 7.10. The normalized spacial score (nSPS) is 11.6. The summed E-state index contributed by atoms with van der Waals surface area (Å²) in [6, 6.07) is 0. The number of aromatic amines is 1. The van der Waals surface area contributed by atoms with Gasteiger partial charge in [-0.3, -0.25) is 25.2 Å². The number of aliphatic imine (C=N–C) groups is 1. The summed E-state index contributed by atoms with van der Waals surface area (Å²) in [4.78, 5) is 33.4. The van der Waals surface area contributed by atoms with Crippen LogP contribution in [0.2, 0.25) is 0 Å². The molecule has 1 aromatic heterocycles. The van der Waals surface area contributed by atoms with Crippen LogP contribution in [0.25, 0.3) is 0 Å². The van der Waals surface area contributed by atoms with Gasteiger partial charge in [0.1, 0.15) is 0 Å². The topological polar surface area (TPSA) is 161 Å². The quantitative estimate of drug-likeness (QED) is 0.0826. The van der Waals surface area contributed by atoms with E-state index in [0.717, 1.165) is 22.9 Å². The van der Waals surface area contributed by atoms with Gasteiger partial charge in [0.15, 0.2) is 6.19 Å². The number of thioether (sulfide) groups is 1. The average molecular weight is 396 g/mol. The van der Waals surface area contributed by atoms with E-state index in [2.05, 4.69) is 30.9 Å². The number of carbonyl (C=O) groups excluding carboxylic acids is 1. The highest BCUT2D eigenvalue weighted by Crippen LogP contribution is 2.12. The number of nitrogens with one attached hydrogen (secondary N) is 4. The van der Waals surface area contributed by atoms with Crippen molar-refractivity contribution in [1.82, 2.24) is 25.9 Å². The molecule has 0 atom stereocenters. The van der Waals surface area contributed by atoms with Crippen molar-refractivity contribution in [3.63, 3.8) is 0 Å². The third-order valence-corrected chi connectivity index (χ3v) is 4.52. The zero-order chi connectivity index (χ0) is 20.3. The first-order chi connectivity index (χ1) is 12.8. The smallest absolute Gasteiger partial charge is 0.297 e. The van der Waals surface area contributed by atoms with Crippen molar-refractivity contribution in [2.45, 2.75) is 32.1 Å². The number of hydrogen-bond donors (Lipinski definition) is 4. The second kappa shape index (κ2) is 11.0. The Morgan fingerprint density at radius 2 is 2.19 bits per heavy atom. The van der Waals surface area contributed by atoms with Crippen molar-refractivity contribution in [2.75, 3.05) is 25.4 Å². The van der Waals surface area contributed by atoms with E-state index in [1.807, 2.05) is 6.92 Å². The molecular formula is C15H24N8O3S. The first-order valence-corrected chi connectivity index (χ1v) is 9.37. The van der Waals surface area contributed by atoms with Crippen LogP contribution in [0.1, 0.15) is 25.2 Å². The van der Waals surface area contributed by atoms with Gasteiger partial charge in [-0.1, -0.05) is 0 Å². The number of nitrogens with zero attached hydrogens (tertiary/aromatic N) is 4. The molecule has 0 radical (unpaired) electrons. The average Bonchev–Trinajstić information content (AvgIpc) is 3.02. The molecule has 0 fully saturated rings. The van der Waals surface area contributed by atoms with Crippen LogP contribution in [0.5, 0.6) is 0 Å². The fourth-order valence-corrected chi connectivity index (χ4v) is 2.62. The van der Waals surface area contributed by atoms with E-state index in [1.54, 1.807) is 24.3 Å². The summed E-state index contributed by atoms with van der Waals surface area (Å²) in [5.41, 5.74) is 0.360. The molecule has 0 bridgehead atoms. The predicted octanol–water partition coefficient (Wildman–Crippen LogP) is 0.139. The van der Waals surface area contributed by atoms with Crippen LogP contribution in [0.3, 0.4) is 0 Å². The summed E-state index contributed by atoms with van der Waals surface area (Å²) in [5.74, 6) is 1.14. The summed E-state index contributed by atoms with van der Waals surface area (Å²) < 4.78 is 0. The van der Waals surface area contributed by atoms with Crippen LogP contribution < -0.4 is 16.0 Å². The number of aryl methyl sites for hydroxylation is 1. The zero-order valence-corrected chi connectivity index (χ0v) is 16.4. The summed E-state index contributed by atoms with van der Waals surface area (Å²) in [6.45, 7) is 5.36. The Hall–Kier alpha value is -2.81. The molecule has 0 unspecified atom stereocenters. The molecule has 0 aliphatic heterocycles. The van der Waals surface area contributed by atoms with Crippen LogP contribution in [0.15, 0.2) is 11.3 Å². The van der Waals surface area contributed by atoms with Gasteiger partial charge in [0, 0.05) is 49.1 Å². The lowest BCUT2D eigenvalue weighted by Gasteiger charge is -2.15. The molecule has 0 aromatic carbocycles. The number of hydrogen-bond acceptors (Lipinski definition) is 7. The largest absolute Gasteiger partial charge is 0.354 e. The molecule has 0 saturated carbocycles. The monoisotopic (exact) mass is 396 g/mol. The molecule has 11 nitrogen and oxygen atoms in total. The molecule has 27 heavy (non-hydrogen) atoms. The number of imidazole rings is 1. The molecule has 0 spiro atoms. The summed E-state index contributed by atoms with van der Waals surface area (Å²) >= 11 is 1.67. The highest BCUT2D eigenvalue weighted by Gasteiger charge is 2.39. The van der Waals surface area contributed by atoms with Crippen molar-refractivity contribution in [3.05, 3.63) is 27.8 Å². The molecule has 0 saturated heterocycles. The van der Waals surface area contributed by atoms with Gasteiger partial charge in [-0.05, 0) is 6.92 Å². The van der Waals surface area contributed by atoms with E-state index in [9.17, 15) is 14.9 Å². The number of rotatable bonds is 10. The summed E-state index contributed by atoms with van der Waals surface area (Å²) in [6.07, 6.45) is 3.45. The minimum Gasteiger partial charge on any atom is -0.354 e. The summed E-state index contributed by atoms with van der Waals surface area (Å²) in [5, 5.41) is 27.4. The van der Waals surface area contributed by atoms with E-state index in [1.165, 1.54) is 13.8 Å². The lowest BCUT2D eigenvalue weighted by molar-refractivity contribution is -0.543. The number of amides is 1. The lowest BCUT2D eigenvalue weighted by Crippen LogP contribution is -2.50. The number of nitro groups is 1. The number of nitriles is 1. The first kappa shape index (κ1) is 22.2. The van der Waals surface area contributed by atoms with E-state index in [0.29, 0.717) is 6.54 Å². The standard InChI is InChI=1S/C15H24N8O3S/c1-11-12(22-10-21-11)8-27-7-6-19-14(20-9-16)18-5-4-17-13(24)15(2,3)23(25)26/h10H,4-8H2,1-3H3,(H,17,24)(H,21,22)(H2,18,19,20). The van der Waals surface area contributed by atoms with Crippen LogP contribution in [0.4, 0.5) is 0 Å². The minimum absolute atomic E-state index is 0.162. The van der Waals surface area contributed by atoms with Gasteiger partial charge >= 0.3 is 0 Å². The predicted molar refractivity (Wildman–Crippen MR) is 103 cm³/mol. The van der Waals surface area contributed by atoms with Crippen molar-refractivity contribution in [2.24, 2.45) is 4.99 Å². The molecule has 1 aromatic rings. The molecular weight excluding hydrogens is 372 g/mol.